The summed E-state index contributed by atoms with van der Waals surface area (Å²) in [5.41, 5.74) is 5.47. The third kappa shape index (κ3) is 2.89. The molecule has 2 nitrogen and oxygen atoms in total. The number of para-hydroxylation sites is 1. The van der Waals surface area contributed by atoms with Crippen molar-refractivity contribution in [1.82, 2.24) is 0 Å². The molecule has 14 heavy (non-hydrogen) atoms. The smallest absolute Gasteiger partial charge is 0.145 e. The van der Waals surface area contributed by atoms with Gasteiger partial charge in [0.2, 0.25) is 0 Å². The Balaban J connectivity index is 2.80. The summed E-state index contributed by atoms with van der Waals surface area (Å²) in [5, 5.41) is 0. The van der Waals surface area contributed by atoms with Crippen LogP contribution in [0.15, 0.2) is 29.2 Å². The Morgan fingerprint density at radius 2 is 2.14 bits per heavy atom. The summed E-state index contributed by atoms with van der Waals surface area (Å²) in [4.78, 5) is 1.47. The maximum Gasteiger partial charge on any atom is 0.145 e. The van der Waals surface area contributed by atoms with E-state index < -0.39 is 0 Å². The van der Waals surface area contributed by atoms with Crippen molar-refractivity contribution in [3.05, 3.63) is 24.3 Å². The SMILES string of the molecule is CSc1ccccc1OC(C)C(N)=S. The minimum Gasteiger partial charge on any atom is -0.482 e. The second-order valence-electron chi connectivity index (χ2n) is 2.81. The fraction of sp³-hybridized carbons (Fsp3) is 0.300. The lowest BCUT2D eigenvalue weighted by Crippen LogP contribution is -2.29. The molecule has 0 spiro atoms. The van der Waals surface area contributed by atoms with Crippen LogP contribution in [-0.4, -0.2) is 17.3 Å². The highest BCUT2D eigenvalue weighted by molar-refractivity contribution is 7.98. The number of thiocarbonyl (C=S) groups is 1. The summed E-state index contributed by atoms with van der Waals surface area (Å²) in [6, 6.07) is 7.83. The van der Waals surface area contributed by atoms with E-state index in [1.165, 1.54) is 0 Å². The summed E-state index contributed by atoms with van der Waals surface area (Å²) in [6.45, 7) is 1.85. The van der Waals surface area contributed by atoms with Gasteiger partial charge in [0.25, 0.3) is 0 Å². The van der Waals surface area contributed by atoms with Gasteiger partial charge in [0, 0.05) is 4.90 Å². The van der Waals surface area contributed by atoms with Crippen molar-refractivity contribution in [3.63, 3.8) is 0 Å². The molecular formula is C10H13NOS2. The highest BCUT2D eigenvalue weighted by Gasteiger charge is 2.09. The zero-order valence-electron chi connectivity index (χ0n) is 8.19. The summed E-state index contributed by atoms with van der Waals surface area (Å²) in [5.74, 6) is 0.834. The average molecular weight is 227 g/mol. The van der Waals surface area contributed by atoms with E-state index in [1.807, 2.05) is 37.4 Å². The van der Waals surface area contributed by atoms with Crippen LogP contribution in [0.1, 0.15) is 6.92 Å². The predicted molar refractivity (Wildman–Crippen MR) is 65.1 cm³/mol. The van der Waals surface area contributed by atoms with Gasteiger partial charge in [-0.05, 0) is 25.3 Å². The Kier molecular flexibility index (Phi) is 4.22. The Morgan fingerprint density at radius 1 is 1.50 bits per heavy atom. The highest BCUT2D eigenvalue weighted by Crippen LogP contribution is 2.27. The molecule has 0 heterocycles. The second-order valence-corrected chi connectivity index (χ2v) is 4.13. The number of hydrogen-bond acceptors (Lipinski definition) is 3. The van der Waals surface area contributed by atoms with Crippen molar-refractivity contribution >= 4 is 29.0 Å². The molecular weight excluding hydrogens is 214 g/mol. The van der Waals surface area contributed by atoms with Crippen LogP contribution in [0.3, 0.4) is 0 Å². The largest absolute Gasteiger partial charge is 0.482 e. The zero-order chi connectivity index (χ0) is 10.6. The Labute approximate surface area is 93.8 Å². The maximum atomic E-state index is 5.61. The van der Waals surface area contributed by atoms with E-state index in [-0.39, 0.29) is 6.10 Å². The molecule has 0 aliphatic carbocycles. The molecule has 1 unspecified atom stereocenters. The zero-order valence-corrected chi connectivity index (χ0v) is 9.82. The van der Waals surface area contributed by atoms with Crippen LogP contribution in [0, 0.1) is 0 Å². The Bertz CT molecular complexity index is 328. The lowest BCUT2D eigenvalue weighted by molar-refractivity contribution is 0.281. The number of rotatable bonds is 4. The average Bonchev–Trinajstić information content (AvgIpc) is 2.18. The first kappa shape index (κ1) is 11.3. The molecule has 0 radical (unpaired) electrons. The minimum absolute atomic E-state index is 0.224. The standard InChI is InChI=1S/C10H13NOS2/c1-7(10(11)13)12-8-5-3-4-6-9(8)14-2/h3-7H,1-2H3,(H2,11,13). The predicted octanol–water partition coefficient (Wildman–Crippen LogP) is 2.46. The van der Waals surface area contributed by atoms with Gasteiger partial charge >= 0.3 is 0 Å². The van der Waals surface area contributed by atoms with Gasteiger partial charge in [0.1, 0.15) is 16.8 Å². The van der Waals surface area contributed by atoms with Crippen molar-refractivity contribution in [2.24, 2.45) is 5.73 Å². The van der Waals surface area contributed by atoms with E-state index in [0.717, 1.165) is 10.6 Å². The van der Waals surface area contributed by atoms with Crippen LogP contribution in [0.25, 0.3) is 0 Å². The van der Waals surface area contributed by atoms with Gasteiger partial charge in [0.05, 0.1) is 0 Å². The van der Waals surface area contributed by atoms with Gasteiger partial charge in [-0.2, -0.15) is 0 Å². The van der Waals surface area contributed by atoms with Crippen LogP contribution < -0.4 is 10.5 Å². The van der Waals surface area contributed by atoms with Gasteiger partial charge in [-0.25, -0.2) is 0 Å². The van der Waals surface area contributed by atoms with Crippen LogP contribution in [0.2, 0.25) is 0 Å². The molecule has 4 heteroatoms. The van der Waals surface area contributed by atoms with Gasteiger partial charge in [-0.15, -0.1) is 11.8 Å². The molecule has 0 saturated carbocycles. The van der Waals surface area contributed by atoms with Crippen molar-refractivity contribution in [1.29, 1.82) is 0 Å². The van der Waals surface area contributed by atoms with Crippen molar-refractivity contribution < 1.29 is 4.74 Å². The lowest BCUT2D eigenvalue weighted by atomic mass is 10.3. The van der Waals surface area contributed by atoms with E-state index in [0.29, 0.717) is 4.99 Å². The highest BCUT2D eigenvalue weighted by atomic mass is 32.2. The summed E-state index contributed by atoms with van der Waals surface area (Å²) >= 11 is 6.48. The molecule has 0 fully saturated rings. The molecule has 1 atom stereocenters. The molecule has 1 aromatic rings. The fourth-order valence-corrected chi connectivity index (χ4v) is 1.54. The summed E-state index contributed by atoms with van der Waals surface area (Å²) in [6.07, 6.45) is 1.78. The molecule has 0 saturated heterocycles. The quantitative estimate of drug-likeness (QED) is 0.633. The topological polar surface area (TPSA) is 35.2 Å². The molecule has 1 aromatic carbocycles. The number of nitrogens with two attached hydrogens (primary N) is 1. The molecule has 0 amide bonds. The Hall–Kier alpha value is -0.740. The monoisotopic (exact) mass is 227 g/mol. The van der Waals surface area contributed by atoms with Gasteiger partial charge in [-0.3, -0.25) is 0 Å². The third-order valence-electron chi connectivity index (χ3n) is 1.77. The fourth-order valence-electron chi connectivity index (χ4n) is 0.965. The van der Waals surface area contributed by atoms with Crippen molar-refractivity contribution in [2.75, 3.05) is 6.26 Å². The summed E-state index contributed by atoms with van der Waals surface area (Å²) < 4.78 is 5.61. The normalized spacial score (nSPS) is 12.1. The molecule has 0 aromatic heterocycles. The second kappa shape index (κ2) is 5.22. The van der Waals surface area contributed by atoms with Gasteiger partial charge in [0.15, 0.2) is 0 Å². The van der Waals surface area contributed by atoms with E-state index in [4.69, 9.17) is 22.7 Å². The van der Waals surface area contributed by atoms with Crippen LogP contribution in [0.5, 0.6) is 5.75 Å². The van der Waals surface area contributed by atoms with Crippen molar-refractivity contribution in [3.8, 4) is 5.75 Å². The number of hydrogen-bond donors (Lipinski definition) is 1. The Morgan fingerprint density at radius 3 is 2.71 bits per heavy atom. The van der Waals surface area contributed by atoms with Gasteiger partial charge < -0.3 is 10.5 Å². The third-order valence-corrected chi connectivity index (χ3v) is 2.88. The first-order chi connectivity index (χ1) is 6.65. The molecule has 0 aliphatic heterocycles. The molecule has 76 valence electrons. The lowest BCUT2D eigenvalue weighted by Gasteiger charge is -2.15. The molecule has 2 N–H and O–H groups in total. The number of benzene rings is 1. The minimum atomic E-state index is -0.224. The molecule has 1 rings (SSSR count). The first-order valence-corrected chi connectivity index (χ1v) is 5.87. The number of ether oxygens (including phenoxy) is 1. The van der Waals surface area contributed by atoms with E-state index >= 15 is 0 Å². The van der Waals surface area contributed by atoms with Gasteiger partial charge in [-0.1, -0.05) is 24.4 Å². The summed E-state index contributed by atoms with van der Waals surface area (Å²) in [7, 11) is 0. The number of thioether (sulfide) groups is 1. The van der Waals surface area contributed by atoms with Crippen LogP contribution >= 0.6 is 24.0 Å². The van der Waals surface area contributed by atoms with E-state index in [9.17, 15) is 0 Å². The van der Waals surface area contributed by atoms with E-state index in [2.05, 4.69) is 0 Å². The van der Waals surface area contributed by atoms with E-state index in [1.54, 1.807) is 11.8 Å². The van der Waals surface area contributed by atoms with Crippen LogP contribution in [0.4, 0.5) is 0 Å². The van der Waals surface area contributed by atoms with Crippen LogP contribution in [-0.2, 0) is 0 Å². The molecule has 0 aliphatic rings. The van der Waals surface area contributed by atoms with Crippen molar-refractivity contribution in [2.45, 2.75) is 17.9 Å². The maximum absolute atomic E-state index is 5.61. The first-order valence-electron chi connectivity index (χ1n) is 4.24. The molecule has 0 bridgehead atoms.